The van der Waals surface area contributed by atoms with Crippen molar-refractivity contribution in [1.29, 1.82) is 0 Å². The first-order valence-electron chi connectivity index (χ1n) is 5.97. The zero-order chi connectivity index (χ0) is 14.1. The SMILES string of the molecule is CC(=O)c1ccc(Sc2nc3ccccc3o2)cc1Cl. The van der Waals surface area contributed by atoms with Gasteiger partial charge in [-0.15, -0.1) is 0 Å². The van der Waals surface area contributed by atoms with E-state index < -0.39 is 0 Å². The third kappa shape index (κ3) is 2.57. The van der Waals surface area contributed by atoms with Crippen LogP contribution in [0.15, 0.2) is 57.0 Å². The Morgan fingerprint density at radius 2 is 2.05 bits per heavy atom. The summed E-state index contributed by atoms with van der Waals surface area (Å²) in [7, 11) is 0. The molecule has 0 spiro atoms. The number of rotatable bonds is 3. The lowest BCUT2D eigenvalue weighted by atomic mass is 10.1. The lowest BCUT2D eigenvalue weighted by molar-refractivity contribution is 0.101. The Labute approximate surface area is 125 Å². The maximum absolute atomic E-state index is 11.3. The van der Waals surface area contributed by atoms with Crippen LogP contribution in [0.1, 0.15) is 17.3 Å². The maximum atomic E-state index is 11.3. The van der Waals surface area contributed by atoms with E-state index in [0.29, 0.717) is 15.8 Å². The van der Waals surface area contributed by atoms with Crippen molar-refractivity contribution >= 4 is 40.2 Å². The van der Waals surface area contributed by atoms with Crippen LogP contribution >= 0.6 is 23.4 Å². The normalized spacial score (nSPS) is 10.9. The Kier molecular flexibility index (Phi) is 3.51. The van der Waals surface area contributed by atoms with Crippen LogP contribution in [0.3, 0.4) is 0 Å². The van der Waals surface area contributed by atoms with E-state index in [0.717, 1.165) is 16.0 Å². The highest BCUT2D eigenvalue weighted by Crippen LogP contribution is 2.32. The fourth-order valence-electron chi connectivity index (χ4n) is 1.84. The van der Waals surface area contributed by atoms with Gasteiger partial charge >= 0.3 is 0 Å². The molecule has 0 aliphatic carbocycles. The highest BCUT2D eigenvalue weighted by molar-refractivity contribution is 7.99. The number of benzene rings is 2. The van der Waals surface area contributed by atoms with Crippen molar-refractivity contribution in [2.24, 2.45) is 0 Å². The highest BCUT2D eigenvalue weighted by Gasteiger charge is 2.10. The minimum Gasteiger partial charge on any atom is -0.431 e. The number of hydrogen-bond acceptors (Lipinski definition) is 4. The van der Waals surface area contributed by atoms with Gasteiger partial charge < -0.3 is 4.42 Å². The monoisotopic (exact) mass is 303 g/mol. The van der Waals surface area contributed by atoms with Crippen LogP contribution in [0, 0.1) is 0 Å². The number of ketones is 1. The Morgan fingerprint density at radius 3 is 2.75 bits per heavy atom. The van der Waals surface area contributed by atoms with Crippen LogP contribution in [0.5, 0.6) is 0 Å². The minimum absolute atomic E-state index is 0.0478. The van der Waals surface area contributed by atoms with Crippen molar-refractivity contribution in [3.63, 3.8) is 0 Å². The molecule has 3 nitrogen and oxygen atoms in total. The van der Waals surface area contributed by atoms with Crippen molar-refractivity contribution in [3.05, 3.63) is 53.1 Å². The molecule has 0 fully saturated rings. The number of halogens is 1. The molecule has 0 radical (unpaired) electrons. The molecule has 0 atom stereocenters. The largest absolute Gasteiger partial charge is 0.431 e. The lowest BCUT2D eigenvalue weighted by Gasteiger charge is -2.02. The summed E-state index contributed by atoms with van der Waals surface area (Å²) in [6.45, 7) is 1.49. The Bertz CT molecular complexity index is 764. The average Bonchev–Trinajstić information content (AvgIpc) is 2.80. The van der Waals surface area contributed by atoms with Gasteiger partial charge in [0.1, 0.15) is 5.52 Å². The van der Waals surface area contributed by atoms with Gasteiger partial charge in [-0.25, -0.2) is 4.98 Å². The number of fused-ring (bicyclic) bond motifs is 1. The molecule has 0 unspecified atom stereocenters. The standard InChI is InChI=1S/C15H10ClNO2S/c1-9(18)11-7-6-10(8-12(11)16)20-15-17-13-4-2-3-5-14(13)19-15/h2-8H,1H3. The van der Waals surface area contributed by atoms with Gasteiger partial charge in [0.25, 0.3) is 5.22 Å². The quantitative estimate of drug-likeness (QED) is 0.650. The van der Waals surface area contributed by atoms with Crippen molar-refractivity contribution in [3.8, 4) is 0 Å². The molecule has 0 saturated heterocycles. The van der Waals surface area contributed by atoms with Gasteiger partial charge in [-0.3, -0.25) is 4.79 Å². The molecular weight excluding hydrogens is 294 g/mol. The Hall–Kier alpha value is -1.78. The fourth-order valence-corrected chi connectivity index (χ4v) is 3.01. The summed E-state index contributed by atoms with van der Waals surface area (Å²) in [4.78, 5) is 16.6. The second-order valence-corrected chi connectivity index (χ2v) is 5.68. The first-order chi connectivity index (χ1) is 9.63. The van der Waals surface area contributed by atoms with Crippen LogP contribution in [0.25, 0.3) is 11.1 Å². The van der Waals surface area contributed by atoms with Gasteiger partial charge in [0.15, 0.2) is 11.4 Å². The highest BCUT2D eigenvalue weighted by atomic mass is 35.5. The predicted molar refractivity (Wildman–Crippen MR) is 79.6 cm³/mol. The number of oxazole rings is 1. The maximum Gasteiger partial charge on any atom is 0.261 e. The van der Waals surface area contributed by atoms with Crippen LogP contribution < -0.4 is 0 Å². The molecule has 1 aromatic heterocycles. The van der Waals surface area contributed by atoms with Crippen molar-refractivity contribution in [2.75, 3.05) is 0 Å². The molecule has 0 N–H and O–H groups in total. The molecule has 100 valence electrons. The zero-order valence-electron chi connectivity index (χ0n) is 10.6. The third-order valence-electron chi connectivity index (χ3n) is 2.80. The van der Waals surface area contributed by atoms with E-state index in [1.54, 1.807) is 12.1 Å². The molecule has 0 aliphatic heterocycles. The van der Waals surface area contributed by atoms with Crippen molar-refractivity contribution in [1.82, 2.24) is 4.98 Å². The van der Waals surface area contributed by atoms with Crippen LogP contribution in [-0.2, 0) is 0 Å². The molecule has 3 rings (SSSR count). The van der Waals surface area contributed by atoms with E-state index in [1.807, 2.05) is 30.3 Å². The summed E-state index contributed by atoms with van der Waals surface area (Å²) >= 11 is 7.46. The van der Waals surface area contributed by atoms with E-state index in [1.165, 1.54) is 18.7 Å². The number of aromatic nitrogens is 1. The van der Waals surface area contributed by atoms with Crippen molar-refractivity contribution < 1.29 is 9.21 Å². The third-order valence-corrected chi connectivity index (χ3v) is 3.95. The van der Waals surface area contributed by atoms with Gasteiger partial charge in [0, 0.05) is 10.5 Å². The van der Waals surface area contributed by atoms with E-state index >= 15 is 0 Å². The molecular formula is C15H10ClNO2S. The number of para-hydroxylation sites is 2. The number of carbonyl (C=O) groups is 1. The Balaban J connectivity index is 1.90. The summed E-state index contributed by atoms with van der Waals surface area (Å²) in [5.74, 6) is -0.0478. The van der Waals surface area contributed by atoms with Gasteiger partial charge in [-0.1, -0.05) is 23.7 Å². The fraction of sp³-hybridized carbons (Fsp3) is 0.0667. The summed E-state index contributed by atoms with van der Waals surface area (Å²) in [5.41, 5.74) is 2.09. The number of carbonyl (C=O) groups excluding carboxylic acids is 1. The second kappa shape index (κ2) is 5.31. The molecule has 0 amide bonds. The van der Waals surface area contributed by atoms with E-state index in [2.05, 4.69) is 4.98 Å². The molecule has 1 heterocycles. The molecule has 0 saturated carbocycles. The Morgan fingerprint density at radius 1 is 1.25 bits per heavy atom. The van der Waals surface area contributed by atoms with E-state index in [4.69, 9.17) is 16.0 Å². The van der Waals surface area contributed by atoms with Crippen LogP contribution in [0.4, 0.5) is 0 Å². The van der Waals surface area contributed by atoms with Gasteiger partial charge in [0.2, 0.25) is 0 Å². The predicted octanol–water partition coefficient (Wildman–Crippen LogP) is 4.84. The molecule has 5 heteroatoms. The van der Waals surface area contributed by atoms with Gasteiger partial charge in [0.05, 0.1) is 5.02 Å². The molecule has 0 bridgehead atoms. The van der Waals surface area contributed by atoms with Crippen molar-refractivity contribution in [2.45, 2.75) is 17.0 Å². The van der Waals surface area contributed by atoms with Crippen LogP contribution in [-0.4, -0.2) is 10.8 Å². The van der Waals surface area contributed by atoms with E-state index in [9.17, 15) is 4.79 Å². The van der Waals surface area contributed by atoms with E-state index in [-0.39, 0.29) is 5.78 Å². The zero-order valence-corrected chi connectivity index (χ0v) is 12.2. The number of Topliss-reactive ketones (excluding diaryl/α,β-unsaturated/α-hetero) is 1. The average molecular weight is 304 g/mol. The summed E-state index contributed by atoms with van der Waals surface area (Å²) in [6.07, 6.45) is 0. The number of hydrogen-bond donors (Lipinski definition) is 0. The van der Waals surface area contributed by atoms with Gasteiger partial charge in [-0.2, -0.15) is 0 Å². The second-order valence-electron chi connectivity index (χ2n) is 4.25. The lowest BCUT2D eigenvalue weighted by Crippen LogP contribution is -1.92. The van der Waals surface area contributed by atoms with Gasteiger partial charge in [-0.05, 0) is 49.0 Å². The summed E-state index contributed by atoms with van der Waals surface area (Å²) in [5, 5.41) is 0.997. The van der Waals surface area contributed by atoms with Crippen LogP contribution in [0.2, 0.25) is 5.02 Å². The first kappa shape index (κ1) is 13.2. The summed E-state index contributed by atoms with van der Waals surface area (Å²) < 4.78 is 5.63. The smallest absolute Gasteiger partial charge is 0.261 e. The summed E-state index contributed by atoms with van der Waals surface area (Å²) in [6, 6.07) is 12.9. The molecule has 0 aliphatic rings. The molecule has 3 aromatic rings. The first-order valence-corrected chi connectivity index (χ1v) is 7.17. The molecule has 20 heavy (non-hydrogen) atoms. The molecule has 2 aromatic carbocycles. The minimum atomic E-state index is -0.0478. The topological polar surface area (TPSA) is 43.1 Å². The number of nitrogens with zero attached hydrogens (tertiary/aromatic N) is 1.